The first kappa shape index (κ1) is 27.6. The van der Waals surface area contributed by atoms with Crippen LogP contribution in [0.3, 0.4) is 0 Å². The summed E-state index contributed by atoms with van der Waals surface area (Å²) < 4.78 is 2.38. The third-order valence-electron chi connectivity index (χ3n) is 8.06. The lowest BCUT2D eigenvalue weighted by molar-refractivity contribution is 0.0945. The SMILES string of the molecule is CCCCC(CC)CNC(=O)c1cc(-c2csc(-c3ccnc(CC)c3)n2)n(CC2CCCCC2)c1C. The Balaban J connectivity index is 1.62. The summed E-state index contributed by atoms with van der Waals surface area (Å²) in [6.07, 6.45) is 14.0. The van der Waals surface area contributed by atoms with Crippen molar-refractivity contribution >= 4 is 17.2 Å². The van der Waals surface area contributed by atoms with Crippen molar-refractivity contribution in [2.75, 3.05) is 6.54 Å². The van der Waals surface area contributed by atoms with Crippen molar-refractivity contribution < 1.29 is 4.79 Å². The van der Waals surface area contributed by atoms with Gasteiger partial charge < -0.3 is 9.88 Å². The molecule has 0 aliphatic heterocycles. The lowest BCUT2D eigenvalue weighted by Crippen LogP contribution is -2.29. The van der Waals surface area contributed by atoms with E-state index < -0.39 is 0 Å². The molecule has 1 fully saturated rings. The lowest BCUT2D eigenvalue weighted by atomic mass is 9.89. The van der Waals surface area contributed by atoms with Gasteiger partial charge in [0, 0.05) is 41.6 Å². The molecule has 0 spiro atoms. The van der Waals surface area contributed by atoms with Crippen LogP contribution >= 0.6 is 11.3 Å². The minimum absolute atomic E-state index is 0.0493. The van der Waals surface area contributed by atoms with Crippen LogP contribution in [0.25, 0.3) is 22.0 Å². The van der Waals surface area contributed by atoms with E-state index in [0.29, 0.717) is 11.8 Å². The van der Waals surface area contributed by atoms with Gasteiger partial charge in [0.15, 0.2) is 0 Å². The summed E-state index contributed by atoms with van der Waals surface area (Å²) in [6, 6.07) is 6.26. The zero-order chi connectivity index (χ0) is 26.2. The molecule has 1 atom stereocenters. The molecule has 0 saturated heterocycles. The Hall–Kier alpha value is -2.47. The Labute approximate surface area is 227 Å². The third kappa shape index (κ3) is 6.90. The van der Waals surface area contributed by atoms with Crippen molar-refractivity contribution in [1.29, 1.82) is 0 Å². The van der Waals surface area contributed by atoms with E-state index in [-0.39, 0.29) is 5.91 Å². The van der Waals surface area contributed by atoms with Gasteiger partial charge in [0.2, 0.25) is 0 Å². The number of thiazole rings is 1. The number of unbranched alkanes of at least 4 members (excludes halogenated alkanes) is 1. The molecule has 3 heterocycles. The fourth-order valence-electron chi connectivity index (χ4n) is 5.55. The second kappa shape index (κ2) is 13.4. The van der Waals surface area contributed by atoms with Gasteiger partial charge in [-0.3, -0.25) is 9.78 Å². The molecule has 37 heavy (non-hydrogen) atoms. The van der Waals surface area contributed by atoms with Gasteiger partial charge in [0.1, 0.15) is 5.01 Å². The number of amides is 1. The molecule has 1 saturated carbocycles. The van der Waals surface area contributed by atoms with Crippen LogP contribution in [-0.2, 0) is 13.0 Å². The maximum Gasteiger partial charge on any atom is 0.253 e. The Kier molecular flexibility index (Phi) is 9.95. The van der Waals surface area contributed by atoms with Gasteiger partial charge in [0.05, 0.1) is 17.0 Å². The van der Waals surface area contributed by atoms with Crippen molar-refractivity contribution in [1.82, 2.24) is 19.9 Å². The van der Waals surface area contributed by atoms with E-state index in [9.17, 15) is 4.79 Å². The average molecular weight is 521 g/mol. The van der Waals surface area contributed by atoms with Crippen LogP contribution in [0.15, 0.2) is 29.8 Å². The fraction of sp³-hybridized carbons (Fsp3) is 0.581. The van der Waals surface area contributed by atoms with Gasteiger partial charge in [0.25, 0.3) is 5.91 Å². The number of carbonyl (C=O) groups excluding carboxylic acids is 1. The molecule has 1 N–H and O–H groups in total. The Bertz CT molecular complexity index is 1160. The quantitative estimate of drug-likeness (QED) is 0.263. The summed E-state index contributed by atoms with van der Waals surface area (Å²) in [4.78, 5) is 22.9. The van der Waals surface area contributed by atoms with Crippen LogP contribution < -0.4 is 5.32 Å². The molecular weight excluding hydrogens is 476 g/mol. The van der Waals surface area contributed by atoms with Gasteiger partial charge in [-0.1, -0.05) is 59.3 Å². The van der Waals surface area contributed by atoms with E-state index >= 15 is 0 Å². The van der Waals surface area contributed by atoms with Crippen molar-refractivity contribution in [3.8, 4) is 22.0 Å². The van der Waals surface area contributed by atoms with Crippen molar-refractivity contribution in [3.63, 3.8) is 0 Å². The Morgan fingerprint density at radius 1 is 1.19 bits per heavy atom. The van der Waals surface area contributed by atoms with Crippen LogP contribution in [0.2, 0.25) is 0 Å². The average Bonchev–Trinajstić information content (AvgIpc) is 3.54. The summed E-state index contributed by atoms with van der Waals surface area (Å²) in [5, 5.41) is 6.41. The largest absolute Gasteiger partial charge is 0.352 e. The second-order valence-electron chi connectivity index (χ2n) is 10.7. The highest BCUT2D eigenvalue weighted by Crippen LogP contribution is 2.34. The molecule has 0 bridgehead atoms. The standard InChI is InChI=1S/C31H44N4OS/c1-5-8-12-23(6-2)19-33-30(36)27-18-29(35(22(27)4)20-24-13-10-9-11-14-24)28-21-37-31(34-28)25-15-16-32-26(7-3)17-25/h15-18,21,23-24H,5-14,19-20H2,1-4H3,(H,33,36). The van der Waals surface area contributed by atoms with Crippen LogP contribution in [0.1, 0.15) is 100 Å². The molecule has 5 nitrogen and oxygen atoms in total. The number of nitrogens with zero attached hydrogens (tertiary/aromatic N) is 3. The van der Waals surface area contributed by atoms with E-state index in [0.717, 1.165) is 64.8 Å². The number of aryl methyl sites for hydroxylation is 1. The maximum atomic E-state index is 13.4. The molecule has 200 valence electrons. The van der Waals surface area contributed by atoms with Crippen molar-refractivity contribution in [2.45, 2.75) is 98.4 Å². The molecule has 4 rings (SSSR count). The molecule has 0 radical (unpaired) electrons. The first-order valence-electron chi connectivity index (χ1n) is 14.4. The molecule has 0 aromatic carbocycles. The number of hydrogen-bond acceptors (Lipinski definition) is 4. The number of aromatic nitrogens is 3. The fourth-order valence-corrected chi connectivity index (χ4v) is 6.37. The van der Waals surface area contributed by atoms with Crippen LogP contribution in [-0.4, -0.2) is 27.0 Å². The van der Waals surface area contributed by atoms with Crippen molar-refractivity contribution in [2.24, 2.45) is 11.8 Å². The van der Waals surface area contributed by atoms with E-state index in [2.05, 4.69) is 60.1 Å². The number of pyridine rings is 1. The van der Waals surface area contributed by atoms with E-state index in [1.54, 1.807) is 11.3 Å². The minimum Gasteiger partial charge on any atom is -0.352 e. The molecule has 3 aromatic heterocycles. The predicted molar refractivity (Wildman–Crippen MR) is 155 cm³/mol. The van der Waals surface area contributed by atoms with Crippen molar-refractivity contribution in [3.05, 3.63) is 46.7 Å². The summed E-state index contributed by atoms with van der Waals surface area (Å²) >= 11 is 1.67. The number of hydrogen-bond donors (Lipinski definition) is 1. The molecule has 3 aromatic rings. The highest BCUT2D eigenvalue weighted by Gasteiger charge is 2.24. The zero-order valence-electron chi connectivity index (χ0n) is 23.2. The van der Waals surface area contributed by atoms with Crippen LogP contribution in [0.5, 0.6) is 0 Å². The molecule has 6 heteroatoms. The minimum atomic E-state index is 0.0493. The number of rotatable bonds is 12. The third-order valence-corrected chi connectivity index (χ3v) is 8.95. The topological polar surface area (TPSA) is 59.8 Å². The van der Waals surface area contributed by atoms with Gasteiger partial charge in [-0.05, 0) is 62.6 Å². The smallest absolute Gasteiger partial charge is 0.253 e. The first-order chi connectivity index (χ1) is 18.0. The molecule has 1 aliphatic carbocycles. The van der Waals surface area contributed by atoms with E-state index in [4.69, 9.17) is 4.98 Å². The number of nitrogens with one attached hydrogen (secondary N) is 1. The second-order valence-corrected chi connectivity index (χ2v) is 11.6. The van der Waals surface area contributed by atoms with Gasteiger partial charge >= 0.3 is 0 Å². The lowest BCUT2D eigenvalue weighted by Gasteiger charge is -2.24. The summed E-state index contributed by atoms with van der Waals surface area (Å²) in [7, 11) is 0. The Morgan fingerprint density at radius 2 is 2.00 bits per heavy atom. The Morgan fingerprint density at radius 3 is 2.73 bits per heavy atom. The first-order valence-corrected chi connectivity index (χ1v) is 15.3. The summed E-state index contributed by atoms with van der Waals surface area (Å²) in [5.74, 6) is 1.26. The predicted octanol–water partition coefficient (Wildman–Crippen LogP) is 8.07. The van der Waals surface area contributed by atoms with Gasteiger partial charge in [-0.25, -0.2) is 4.98 Å². The van der Waals surface area contributed by atoms with E-state index in [1.165, 1.54) is 51.4 Å². The molecule has 1 aliphatic rings. The van der Waals surface area contributed by atoms with E-state index in [1.807, 2.05) is 12.3 Å². The van der Waals surface area contributed by atoms with Gasteiger partial charge in [-0.2, -0.15) is 0 Å². The summed E-state index contributed by atoms with van der Waals surface area (Å²) in [6.45, 7) is 10.4. The molecular formula is C31H44N4OS. The monoisotopic (exact) mass is 520 g/mol. The zero-order valence-corrected chi connectivity index (χ0v) is 24.0. The highest BCUT2D eigenvalue weighted by molar-refractivity contribution is 7.13. The highest BCUT2D eigenvalue weighted by atomic mass is 32.1. The number of carbonyl (C=O) groups is 1. The van der Waals surface area contributed by atoms with Gasteiger partial charge in [-0.15, -0.1) is 11.3 Å². The summed E-state index contributed by atoms with van der Waals surface area (Å²) in [5.41, 5.74) is 6.07. The molecule has 1 unspecified atom stereocenters. The van der Waals surface area contributed by atoms with Crippen LogP contribution in [0, 0.1) is 18.8 Å². The maximum absolute atomic E-state index is 13.4. The molecule has 1 amide bonds. The normalized spacial score (nSPS) is 15.1. The van der Waals surface area contributed by atoms with Crippen LogP contribution in [0.4, 0.5) is 0 Å².